The van der Waals surface area contributed by atoms with Crippen molar-refractivity contribution in [3.05, 3.63) is 36.2 Å². The minimum atomic E-state index is 0.0981. The Labute approximate surface area is 73.1 Å². The molecular formula is C10H14N2. The van der Waals surface area contributed by atoms with E-state index in [0.717, 1.165) is 17.5 Å². The summed E-state index contributed by atoms with van der Waals surface area (Å²) in [4.78, 5) is 4.01. The van der Waals surface area contributed by atoms with Crippen LogP contribution < -0.4 is 5.73 Å². The zero-order chi connectivity index (χ0) is 8.97. The van der Waals surface area contributed by atoms with Gasteiger partial charge in [0, 0.05) is 18.4 Å². The van der Waals surface area contributed by atoms with Gasteiger partial charge < -0.3 is 5.73 Å². The molecule has 0 aromatic carbocycles. The predicted molar refractivity (Wildman–Crippen MR) is 51.5 cm³/mol. The summed E-state index contributed by atoms with van der Waals surface area (Å²) >= 11 is 0. The standard InChI is InChI=1S/C10H14N2/c1-3-8-7-12-6-5-9(8)10(11)4-2/h3,5-7,10H,1,4,11H2,2H3/t10-/m1/s1. The van der Waals surface area contributed by atoms with Gasteiger partial charge in [-0.25, -0.2) is 0 Å². The van der Waals surface area contributed by atoms with E-state index in [-0.39, 0.29) is 6.04 Å². The van der Waals surface area contributed by atoms with Crippen LogP contribution in [0.25, 0.3) is 6.08 Å². The van der Waals surface area contributed by atoms with Crippen LogP contribution in [0.4, 0.5) is 0 Å². The van der Waals surface area contributed by atoms with Crippen LogP contribution >= 0.6 is 0 Å². The van der Waals surface area contributed by atoms with E-state index in [1.54, 1.807) is 18.5 Å². The Bertz CT molecular complexity index is 268. The summed E-state index contributed by atoms with van der Waals surface area (Å²) in [5.74, 6) is 0. The number of pyridine rings is 1. The van der Waals surface area contributed by atoms with Gasteiger partial charge in [0.1, 0.15) is 0 Å². The Morgan fingerprint density at radius 2 is 2.50 bits per heavy atom. The third kappa shape index (κ3) is 1.71. The molecule has 0 radical (unpaired) electrons. The summed E-state index contributed by atoms with van der Waals surface area (Å²) in [5.41, 5.74) is 8.06. The summed E-state index contributed by atoms with van der Waals surface area (Å²) in [7, 11) is 0. The number of nitrogens with zero attached hydrogens (tertiary/aromatic N) is 1. The molecule has 2 N–H and O–H groups in total. The SMILES string of the molecule is C=Cc1cnccc1[C@H](N)CC. The predicted octanol–water partition coefficient (Wildman–Crippen LogP) is 2.13. The van der Waals surface area contributed by atoms with Gasteiger partial charge in [-0.1, -0.05) is 19.6 Å². The number of rotatable bonds is 3. The Kier molecular flexibility index (Phi) is 3.00. The zero-order valence-electron chi connectivity index (χ0n) is 7.33. The highest BCUT2D eigenvalue weighted by Crippen LogP contribution is 2.17. The van der Waals surface area contributed by atoms with Gasteiger partial charge in [-0.2, -0.15) is 0 Å². The maximum absolute atomic E-state index is 5.90. The van der Waals surface area contributed by atoms with Crippen molar-refractivity contribution < 1.29 is 0 Å². The quantitative estimate of drug-likeness (QED) is 0.739. The smallest absolute Gasteiger partial charge is 0.0343 e. The zero-order valence-corrected chi connectivity index (χ0v) is 7.33. The molecular weight excluding hydrogens is 148 g/mol. The van der Waals surface area contributed by atoms with Crippen molar-refractivity contribution in [2.45, 2.75) is 19.4 Å². The second-order valence-corrected chi connectivity index (χ2v) is 2.72. The number of aromatic nitrogens is 1. The van der Waals surface area contributed by atoms with Gasteiger partial charge in [0.05, 0.1) is 0 Å². The first-order chi connectivity index (χ1) is 5.79. The lowest BCUT2D eigenvalue weighted by Crippen LogP contribution is -2.10. The molecule has 0 spiro atoms. The number of nitrogens with two attached hydrogens (primary N) is 1. The average Bonchev–Trinajstić information content (AvgIpc) is 2.16. The molecule has 1 aromatic rings. The fourth-order valence-corrected chi connectivity index (χ4v) is 1.15. The van der Waals surface area contributed by atoms with Crippen LogP contribution in [0.1, 0.15) is 30.5 Å². The molecule has 0 unspecified atom stereocenters. The highest BCUT2D eigenvalue weighted by Gasteiger charge is 2.05. The second-order valence-electron chi connectivity index (χ2n) is 2.72. The van der Waals surface area contributed by atoms with E-state index >= 15 is 0 Å². The monoisotopic (exact) mass is 162 g/mol. The van der Waals surface area contributed by atoms with Gasteiger partial charge in [0.15, 0.2) is 0 Å². The lowest BCUT2D eigenvalue weighted by atomic mass is 10.0. The minimum absolute atomic E-state index is 0.0981. The van der Waals surface area contributed by atoms with Crippen LogP contribution in [0.15, 0.2) is 25.0 Å². The van der Waals surface area contributed by atoms with Gasteiger partial charge in [0.25, 0.3) is 0 Å². The summed E-state index contributed by atoms with van der Waals surface area (Å²) in [6.45, 7) is 5.78. The molecule has 0 aliphatic carbocycles. The van der Waals surface area contributed by atoms with Crippen LogP contribution in [-0.2, 0) is 0 Å². The lowest BCUT2D eigenvalue weighted by Gasteiger charge is -2.11. The second kappa shape index (κ2) is 4.02. The van der Waals surface area contributed by atoms with E-state index in [9.17, 15) is 0 Å². The molecule has 0 bridgehead atoms. The first-order valence-corrected chi connectivity index (χ1v) is 4.11. The van der Waals surface area contributed by atoms with Crippen LogP contribution in [0.3, 0.4) is 0 Å². The number of hydrogen-bond acceptors (Lipinski definition) is 2. The lowest BCUT2D eigenvalue weighted by molar-refractivity contribution is 0.696. The molecule has 0 fully saturated rings. The maximum atomic E-state index is 5.90. The van der Waals surface area contributed by atoms with Crippen LogP contribution in [0.5, 0.6) is 0 Å². The molecule has 0 amide bonds. The van der Waals surface area contributed by atoms with Crippen molar-refractivity contribution in [1.82, 2.24) is 4.98 Å². The molecule has 64 valence electrons. The van der Waals surface area contributed by atoms with E-state index in [1.165, 1.54) is 0 Å². The van der Waals surface area contributed by atoms with Crippen LogP contribution in [0.2, 0.25) is 0 Å². The van der Waals surface area contributed by atoms with Gasteiger partial charge in [0.2, 0.25) is 0 Å². The van der Waals surface area contributed by atoms with E-state index in [0.29, 0.717) is 0 Å². The van der Waals surface area contributed by atoms with E-state index in [4.69, 9.17) is 5.73 Å². The average molecular weight is 162 g/mol. The van der Waals surface area contributed by atoms with Crippen molar-refractivity contribution >= 4 is 6.08 Å². The number of hydrogen-bond donors (Lipinski definition) is 1. The van der Waals surface area contributed by atoms with Crippen molar-refractivity contribution in [2.75, 3.05) is 0 Å². The van der Waals surface area contributed by atoms with E-state index < -0.39 is 0 Å². The first kappa shape index (κ1) is 8.94. The van der Waals surface area contributed by atoms with Gasteiger partial charge in [-0.15, -0.1) is 0 Å². The molecule has 1 heterocycles. The Hall–Kier alpha value is -1.15. The van der Waals surface area contributed by atoms with E-state index in [1.807, 2.05) is 6.07 Å². The normalized spacial score (nSPS) is 12.5. The first-order valence-electron chi connectivity index (χ1n) is 4.11. The minimum Gasteiger partial charge on any atom is -0.324 e. The van der Waals surface area contributed by atoms with Crippen molar-refractivity contribution in [3.63, 3.8) is 0 Å². The van der Waals surface area contributed by atoms with Crippen molar-refractivity contribution in [3.8, 4) is 0 Å². The van der Waals surface area contributed by atoms with Gasteiger partial charge >= 0.3 is 0 Å². The molecule has 12 heavy (non-hydrogen) atoms. The summed E-state index contributed by atoms with van der Waals surface area (Å²) in [6.07, 6.45) is 6.28. The molecule has 0 saturated heterocycles. The highest BCUT2D eigenvalue weighted by molar-refractivity contribution is 5.51. The highest BCUT2D eigenvalue weighted by atomic mass is 14.7. The van der Waals surface area contributed by atoms with Crippen LogP contribution in [0, 0.1) is 0 Å². The summed E-state index contributed by atoms with van der Waals surface area (Å²) in [5, 5.41) is 0. The maximum Gasteiger partial charge on any atom is 0.0343 e. The van der Waals surface area contributed by atoms with Crippen LogP contribution in [-0.4, -0.2) is 4.98 Å². The summed E-state index contributed by atoms with van der Waals surface area (Å²) in [6, 6.07) is 2.05. The largest absolute Gasteiger partial charge is 0.324 e. The molecule has 2 nitrogen and oxygen atoms in total. The fourth-order valence-electron chi connectivity index (χ4n) is 1.15. The molecule has 1 rings (SSSR count). The fraction of sp³-hybridized carbons (Fsp3) is 0.300. The molecule has 0 saturated carbocycles. The Balaban J connectivity index is 3.04. The Morgan fingerprint density at radius 1 is 1.75 bits per heavy atom. The Morgan fingerprint density at radius 3 is 3.08 bits per heavy atom. The van der Waals surface area contributed by atoms with Gasteiger partial charge in [-0.3, -0.25) is 4.98 Å². The van der Waals surface area contributed by atoms with Crippen molar-refractivity contribution in [2.24, 2.45) is 5.73 Å². The molecule has 0 aliphatic heterocycles. The summed E-state index contributed by atoms with van der Waals surface area (Å²) < 4.78 is 0. The van der Waals surface area contributed by atoms with E-state index in [2.05, 4.69) is 18.5 Å². The molecule has 1 atom stereocenters. The third-order valence-electron chi connectivity index (χ3n) is 1.95. The molecule has 0 aliphatic rings. The topological polar surface area (TPSA) is 38.9 Å². The van der Waals surface area contributed by atoms with Crippen molar-refractivity contribution in [1.29, 1.82) is 0 Å². The molecule has 1 aromatic heterocycles. The third-order valence-corrected chi connectivity index (χ3v) is 1.95. The molecule has 2 heteroatoms. The van der Waals surface area contributed by atoms with Gasteiger partial charge in [-0.05, 0) is 23.6 Å².